The number of aromatic nitrogens is 2. The molecule has 1 aromatic heterocycles. The molecule has 0 aliphatic carbocycles. The number of hydrogen-bond donors (Lipinski definition) is 1. The highest BCUT2D eigenvalue weighted by Gasteiger charge is 2.13. The van der Waals surface area contributed by atoms with Gasteiger partial charge in [-0.3, -0.25) is 4.68 Å². The Hall–Kier alpha value is -1.52. The largest absolute Gasteiger partial charge is 0.490 e. The van der Waals surface area contributed by atoms with Gasteiger partial charge in [0.1, 0.15) is 18.5 Å². The number of aliphatic hydroxyl groups excluding tert-OH is 1. The number of nitrogens with zero attached hydrogens (tertiary/aromatic N) is 2. The summed E-state index contributed by atoms with van der Waals surface area (Å²) in [5.41, 5.74) is 0.756. The SMILES string of the molecule is CCn1nccc1C(O)COc1ccc(Cl)cc1. The second kappa shape index (κ2) is 5.89. The molecule has 0 saturated carbocycles. The molecule has 2 rings (SSSR count). The highest BCUT2D eigenvalue weighted by atomic mass is 35.5. The van der Waals surface area contributed by atoms with Crippen molar-refractivity contribution in [3.8, 4) is 5.75 Å². The summed E-state index contributed by atoms with van der Waals surface area (Å²) in [7, 11) is 0. The summed E-state index contributed by atoms with van der Waals surface area (Å²) in [6.45, 7) is 2.89. The average molecular weight is 267 g/mol. The van der Waals surface area contributed by atoms with Crippen molar-refractivity contribution in [2.45, 2.75) is 19.6 Å². The first-order chi connectivity index (χ1) is 8.70. The topological polar surface area (TPSA) is 47.3 Å². The zero-order valence-electron chi connectivity index (χ0n) is 10.1. The van der Waals surface area contributed by atoms with Crippen LogP contribution in [0, 0.1) is 0 Å². The summed E-state index contributed by atoms with van der Waals surface area (Å²) < 4.78 is 7.24. The van der Waals surface area contributed by atoms with E-state index in [-0.39, 0.29) is 6.61 Å². The van der Waals surface area contributed by atoms with Crippen LogP contribution in [-0.4, -0.2) is 21.5 Å². The van der Waals surface area contributed by atoms with Crippen molar-refractivity contribution in [1.29, 1.82) is 0 Å². The Kier molecular flexibility index (Phi) is 4.23. The molecule has 1 aromatic carbocycles. The van der Waals surface area contributed by atoms with E-state index in [4.69, 9.17) is 16.3 Å². The lowest BCUT2D eigenvalue weighted by Crippen LogP contribution is -2.14. The van der Waals surface area contributed by atoms with Gasteiger partial charge in [0.25, 0.3) is 0 Å². The van der Waals surface area contributed by atoms with E-state index in [0.29, 0.717) is 10.8 Å². The number of aryl methyl sites for hydroxylation is 1. The fourth-order valence-corrected chi connectivity index (χ4v) is 1.81. The van der Waals surface area contributed by atoms with Crippen LogP contribution in [0.3, 0.4) is 0 Å². The Morgan fingerprint density at radius 1 is 1.33 bits per heavy atom. The van der Waals surface area contributed by atoms with Gasteiger partial charge in [0, 0.05) is 17.8 Å². The molecule has 0 radical (unpaired) electrons. The summed E-state index contributed by atoms with van der Waals surface area (Å²) in [6.07, 6.45) is 0.979. The number of halogens is 1. The minimum absolute atomic E-state index is 0.188. The zero-order valence-corrected chi connectivity index (χ0v) is 10.8. The maximum atomic E-state index is 10.0. The second-order valence-corrected chi connectivity index (χ2v) is 4.29. The first kappa shape index (κ1) is 12.9. The van der Waals surface area contributed by atoms with Crippen LogP contribution in [0.4, 0.5) is 0 Å². The molecule has 0 bridgehead atoms. The number of benzene rings is 1. The van der Waals surface area contributed by atoms with Crippen LogP contribution in [0.1, 0.15) is 18.7 Å². The lowest BCUT2D eigenvalue weighted by Gasteiger charge is -2.13. The van der Waals surface area contributed by atoms with Gasteiger partial charge in [-0.05, 0) is 37.3 Å². The molecule has 0 aliphatic rings. The van der Waals surface area contributed by atoms with Crippen LogP contribution in [-0.2, 0) is 6.54 Å². The highest BCUT2D eigenvalue weighted by Crippen LogP contribution is 2.18. The summed E-state index contributed by atoms with van der Waals surface area (Å²) in [5, 5.41) is 14.8. The van der Waals surface area contributed by atoms with Crippen molar-refractivity contribution in [3.63, 3.8) is 0 Å². The van der Waals surface area contributed by atoms with Crippen molar-refractivity contribution in [2.24, 2.45) is 0 Å². The Balaban J connectivity index is 1.96. The molecule has 2 aromatic rings. The van der Waals surface area contributed by atoms with Crippen molar-refractivity contribution in [1.82, 2.24) is 9.78 Å². The molecule has 0 spiro atoms. The Labute approximate surface area is 111 Å². The molecule has 4 nitrogen and oxygen atoms in total. The van der Waals surface area contributed by atoms with Gasteiger partial charge in [-0.25, -0.2) is 0 Å². The van der Waals surface area contributed by atoms with E-state index in [0.717, 1.165) is 12.2 Å². The highest BCUT2D eigenvalue weighted by molar-refractivity contribution is 6.30. The molecule has 96 valence electrons. The van der Waals surface area contributed by atoms with E-state index in [1.807, 2.05) is 6.92 Å². The van der Waals surface area contributed by atoms with Crippen LogP contribution in [0.2, 0.25) is 5.02 Å². The van der Waals surface area contributed by atoms with E-state index in [2.05, 4.69) is 5.10 Å². The van der Waals surface area contributed by atoms with Crippen molar-refractivity contribution >= 4 is 11.6 Å². The van der Waals surface area contributed by atoms with Crippen molar-refractivity contribution in [2.75, 3.05) is 6.61 Å². The minimum atomic E-state index is -0.692. The van der Waals surface area contributed by atoms with E-state index in [9.17, 15) is 5.11 Å². The molecular weight excluding hydrogens is 252 g/mol. The minimum Gasteiger partial charge on any atom is -0.490 e. The van der Waals surface area contributed by atoms with E-state index in [1.54, 1.807) is 41.2 Å². The fraction of sp³-hybridized carbons (Fsp3) is 0.308. The maximum Gasteiger partial charge on any atom is 0.129 e. The van der Waals surface area contributed by atoms with E-state index < -0.39 is 6.10 Å². The molecular formula is C13H15ClN2O2. The van der Waals surface area contributed by atoms with Crippen LogP contribution < -0.4 is 4.74 Å². The van der Waals surface area contributed by atoms with Gasteiger partial charge in [0.2, 0.25) is 0 Å². The molecule has 0 aliphatic heterocycles. The standard InChI is InChI=1S/C13H15ClN2O2/c1-2-16-12(7-8-15-16)13(17)9-18-11-5-3-10(14)4-6-11/h3-8,13,17H,2,9H2,1H3. The zero-order chi connectivity index (χ0) is 13.0. The molecule has 1 heterocycles. The number of hydrogen-bond acceptors (Lipinski definition) is 3. The third kappa shape index (κ3) is 3.03. The lowest BCUT2D eigenvalue weighted by atomic mass is 10.2. The number of aliphatic hydroxyl groups is 1. The van der Waals surface area contributed by atoms with Gasteiger partial charge in [-0.15, -0.1) is 0 Å². The third-order valence-corrected chi connectivity index (χ3v) is 2.86. The summed E-state index contributed by atoms with van der Waals surface area (Å²) in [6, 6.07) is 8.83. The second-order valence-electron chi connectivity index (χ2n) is 3.85. The average Bonchev–Trinajstić information content (AvgIpc) is 2.86. The monoisotopic (exact) mass is 266 g/mol. The maximum absolute atomic E-state index is 10.0. The Morgan fingerprint density at radius 3 is 2.72 bits per heavy atom. The fourth-order valence-electron chi connectivity index (χ4n) is 1.68. The van der Waals surface area contributed by atoms with Gasteiger partial charge in [0.15, 0.2) is 0 Å². The third-order valence-electron chi connectivity index (χ3n) is 2.61. The van der Waals surface area contributed by atoms with Gasteiger partial charge in [0.05, 0.1) is 5.69 Å². The smallest absolute Gasteiger partial charge is 0.129 e. The molecule has 1 atom stereocenters. The molecule has 0 fully saturated rings. The van der Waals surface area contributed by atoms with Crippen LogP contribution in [0.25, 0.3) is 0 Å². The summed E-state index contributed by atoms with van der Waals surface area (Å²) >= 11 is 5.78. The quantitative estimate of drug-likeness (QED) is 0.905. The first-order valence-corrected chi connectivity index (χ1v) is 6.16. The van der Waals surface area contributed by atoms with Gasteiger partial charge < -0.3 is 9.84 Å². The molecule has 18 heavy (non-hydrogen) atoms. The normalized spacial score (nSPS) is 12.4. The number of ether oxygens (including phenoxy) is 1. The lowest BCUT2D eigenvalue weighted by molar-refractivity contribution is 0.100. The van der Waals surface area contributed by atoms with Crippen LogP contribution in [0.5, 0.6) is 5.75 Å². The molecule has 0 amide bonds. The van der Waals surface area contributed by atoms with Gasteiger partial charge in [-0.2, -0.15) is 5.10 Å². The molecule has 1 N–H and O–H groups in total. The van der Waals surface area contributed by atoms with Crippen LogP contribution in [0.15, 0.2) is 36.5 Å². The Bertz CT molecular complexity index is 496. The number of rotatable bonds is 5. The molecule has 1 unspecified atom stereocenters. The Morgan fingerprint density at radius 2 is 2.06 bits per heavy atom. The first-order valence-electron chi connectivity index (χ1n) is 5.79. The van der Waals surface area contributed by atoms with Crippen molar-refractivity contribution in [3.05, 3.63) is 47.2 Å². The van der Waals surface area contributed by atoms with Crippen LogP contribution >= 0.6 is 11.6 Å². The van der Waals surface area contributed by atoms with E-state index >= 15 is 0 Å². The van der Waals surface area contributed by atoms with Crippen molar-refractivity contribution < 1.29 is 9.84 Å². The predicted molar refractivity (Wildman–Crippen MR) is 69.8 cm³/mol. The predicted octanol–water partition coefficient (Wildman–Crippen LogP) is 2.67. The van der Waals surface area contributed by atoms with E-state index in [1.165, 1.54) is 0 Å². The van der Waals surface area contributed by atoms with Gasteiger partial charge in [-0.1, -0.05) is 11.6 Å². The molecule has 5 heteroatoms. The van der Waals surface area contributed by atoms with Gasteiger partial charge >= 0.3 is 0 Å². The summed E-state index contributed by atoms with van der Waals surface area (Å²) in [4.78, 5) is 0. The summed E-state index contributed by atoms with van der Waals surface area (Å²) in [5.74, 6) is 0.681. The molecule has 0 saturated heterocycles.